The minimum atomic E-state index is 0.199. The van der Waals surface area contributed by atoms with E-state index in [1.54, 1.807) is 0 Å². The molecule has 0 saturated heterocycles. The molecule has 0 atom stereocenters. The highest BCUT2D eigenvalue weighted by molar-refractivity contribution is 7.80. The van der Waals surface area contributed by atoms with Crippen molar-refractivity contribution in [3.05, 3.63) is 23.0 Å². The van der Waals surface area contributed by atoms with Gasteiger partial charge in [-0.1, -0.05) is 12.2 Å². The minimum absolute atomic E-state index is 0.199. The maximum absolute atomic E-state index is 5.70. The van der Waals surface area contributed by atoms with Crippen LogP contribution in [-0.2, 0) is 4.74 Å². The summed E-state index contributed by atoms with van der Waals surface area (Å²) in [5.41, 5.74) is 8.08. The highest BCUT2D eigenvalue weighted by Crippen LogP contribution is 2.22. The van der Waals surface area contributed by atoms with E-state index < -0.39 is 0 Å². The van der Waals surface area contributed by atoms with Gasteiger partial charge in [-0.25, -0.2) is 0 Å². The summed E-state index contributed by atoms with van der Waals surface area (Å²) in [6.07, 6.45) is 0.199. The van der Waals surface area contributed by atoms with Gasteiger partial charge in [0, 0.05) is 11.8 Å². The molecular weight excluding hydrogens is 248 g/mol. The summed E-state index contributed by atoms with van der Waals surface area (Å²) in [5.74, 6) is 0.680. The fourth-order valence-corrected chi connectivity index (χ4v) is 1.89. The lowest BCUT2D eigenvalue weighted by atomic mass is 10.1. The summed E-state index contributed by atoms with van der Waals surface area (Å²) >= 11 is 5.03. The zero-order valence-corrected chi connectivity index (χ0v) is 12.1. The zero-order chi connectivity index (χ0) is 13.7. The molecule has 1 rings (SSSR count). The van der Waals surface area contributed by atoms with Crippen LogP contribution < -0.4 is 10.5 Å². The molecule has 0 saturated carbocycles. The first-order chi connectivity index (χ1) is 8.41. The third-order valence-corrected chi connectivity index (χ3v) is 2.53. The number of hydrogen-bond donors (Lipinski definition) is 1. The molecule has 0 amide bonds. The summed E-state index contributed by atoms with van der Waals surface area (Å²) in [5, 5.41) is 0. The molecule has 1 heterocycles. The number of ether oxygens (including phenoxy) is 2. The van der Waals surface area contributed by atoms with Crippen molar-refractivity contribution in [1.29, 1.82) is 0 Å². The van der Waals surface area contributed by atoms with Crippen molar-refractivity contribution >= 4 is 17.2 Å². The minimum Gasteiger partial charge on any atom is -0.490 e. The first-order valence-electron chi connectivity index (χ1n) is 5.94. The predicted molar refractivity (Wildman–Crippen MR) is 76.2 cm³/mol. The van der Waals surface area contributed by atoms with Gasteiger partial charge in [0.25, 0.3) is 0 Å². The van der Waals surface area contributed by atoms with E-state index in [0.29, 0.717) is 29.5 Å². The average Bonchev–Trinajstić information content (AvgIpc) is 2.22. The molecule has 0 aliphatic heterocycles. The standard InChI is InChI=1S/C13H20N2O2S/c1-8(2)16-5-6-17-11-7-9(3)15-10(4)12(11)13(14)18/h7-8H,5-6H2,1-4H3,(H2,14,18). The highest BCUT2D eigenvalue weighted by atomic mass is 32.1. The van der Waals surface area contributed by atoms with Gasteiger partial charge in [0.05, 0.1) is 24.0 Å². The molecule has 0 aromatic carbocycles. The highest BCUT2D eigenvalue weighted by Gasteiger charge is 2.12. The van der Waals surface area contributed by atoms with Crippen LogP contribution in [0.25, 0.3) is 0 Å². The number of thiocarbonyl (C=S) groups is 1. The molecule has 4 nitrogen and oxygen atoms in total. The number of aromatic nitrogens is 1. The van der Waals surface area contributed by atoms with Gasteiger partial charge in [-0.3, -0.25) is 4.98 Å². The van der Waals surface area contributed by atoms with Gasteiger partial charge in [-0.2, -0.15) is 0 Å². The van der Waals surface area contributed by atoms with Crippen molar-refractivity contribution in [2.45, 2.75) is 33.8 Å². The molecular formula is C13H20N2O2S. The van der Waals surface area contributed by atoms with E-state index in [0.717, 1.165) is 11.4 Å². The first kappa shape index (κ1) is 14.9. The molecule has 0 spiro atoms. The Balaban J connectivity index is 2.77. The van der Waals surface area contributed by atoms with Crippen LogP contribution >= 0.6 is 12.2 Å². The molecule has 0 aliphatic carbocycles. The van der Waals surface area contributed by atoms with Gasteiger partial charge >= 0.3 is 0 Å². The quantitative estimate of drug-likeness (QED) is 0.633. The second-order valence-electron chi connectivity index (χ2n) is 4.35. The van der Waals surface area contributed by atoms with E-state index in [1.165, 1.54) is 0 Å². The lowest BCUT2D eigenvalue weighted by molar-refractivity contribution is 0.0552. The number of hydrogen-bond acceptors (Lipinski definition) is 4. The van der Waals surface area contributed by atoms with Crippen molar-refractivity contribution in [2.24, 2.45) is 5.73 Å². The number of nitrogens with two attached hydrogens (primary N) is 1. The summed E-state index contributed by atoms with van der Waals surface area (Å²) < 4.78 is 11.1. The van der Waals surface area contributed by atoms with Crippen molar-refractivity contribution in [3.8, 4) is 5.75 Å². The molecule has 0 aliphatic rings. The van der Waals surface area contributed by atoms with Crippen LogP contribution in [-0.4, -0.2) is 29.3 Å². The van der Waals surface area contributed by atoms with Crippen LogP contribution in [0.5, 0.6) is 5.75 Å². The second-order valence-corrected chi connectivity index (χ2v) is 4.79. The topological polar surface area (TPSA) is 57.4 Å². The first-order valence-corrected chi connectivity index (χ1v) is 6.35. The van der Waals surface area contributed by atoms with E-state index in [2.05, 4.69) is 4.98 Å². The maximum Gasteiger partial charge on any atom is 0.133 e. The van der Waals surface area contributed by atoms with Gasteiger partial charge in [0.2, 0.25) is 0 Å². The second kappa shape index (κ2) is 6.66. The molecule has 1 aromatic heterocycles. The number of nitrogens with zero attached hydrogens (tertiary/aromatic N) is 1. The van der Waals surface area contributed by atoms with Crippen LogP contribution in [0.2, 0.25) is 0 Å². The predicted octanol–water partition coefficient (Wildman–Crippen LogP) is 2.14. The zero-order valence-electron chi connectivity index (χ0n) is 11.3. The Kier molecular flexibility index (Phi) is 5.50. The van der Waals surface area contributed by atoms with E-state index in [-0.39, 0.29) is 6.10 Å². The van der Waals surface area contributed by atoms with Gasteiger partial charge < -0.3 is 15.2 Å². The fraction of sp³-hybridized carbons (Fsp3) is 0.538. The Morgan fingerprint density at radius 1 is 1.39 bits per heavy atom. The molecule has 18 heavy (non-hydrogen) atoms. The van der Waals surface area contributed by atoms with Gasteiger partial charge in [0.15, 0.2) is 0 Å². The average molecular weight is 268 g/mol. The lowest BCUT2D eigenvalue weighted by Crippen LogP contribution is -2.17. The van der Waals surface area contributed by atoms with Crippen molar-refractivity contribution in [2.75, 3.05) is 13.2 Å². The van der Waals surface area contributed by atoms with Gasteiger partial charge in [-0.15, -0.1) is 0 Å². The van der Waals surface area contributed by atoms with E-state index in [4.69, 9.17) is 27.4 Å². The summed E-state index contributed by atoms with van der Waals surface area (Å²) in [7, 11) is 0. The molecule has 0 fully saturated rings. The van der Waals surface area contributed by atoms with E-state index in [9.17, 15) is 0 Å². The third-order valence-electron chi connectivity index (χ3n) is 2.33. The van der Waals surface area contributed by atoms with E-state index >= 15 is 0 Å². The van der Waals surface area contributed by atoms with Gasteiger partial charge in [-0.05, 0) is 27.7 Å². The van der Waals surface area contributed by atoms with Crippen LogP contribution in [0, 0.1) is 13.8 Å². The smallest absolute Gasteiger partial charge is 0.133 e. The largest absolute Gasteiger partial charge is 0.490 e. The van der Waals surface area contributed by atoms with Crippen LogP contribution in [0.4, 0.5) is 0 Å². The molecule has 0 bridgehead atoms. The fourth-order valence-electron chi connectivity index (χ4n) is 1.64. The Morgan fingerprint density at radius 3 is 2.61 bits per heavy atom. The number of pyridine rings is 1. The molecule has 0 unspecified atom stereocenters. The Hall–Kier alpha value is -1.20. The molecule has 1 aromatic rings. The molecule has 0 radical (unpaired) electrons. The van der Waals surface area contributed by atoms with E-state index in [1.807, 2.05) is 33.8 Å². The van der Waals surface area contributed by atoms with Crippen molar-refractivity contribution in [3.63, 3.8) is 0 Å². The Bertz CT molecular complexity index is 433. The summed E-state index contributed by atoms with van der Waals surface area (Å²) in [6.45, 7) is 8.76. The summed E-state index contributed by atoms with van der Waals surface area (Å²) in [6, 6.07) is 1.84. The monoisotopic (exact) mass is 268 g/mol. The molecule has 2 N–H and O–H groups in total. The maximum atomic E-state index is 5.70. The lowest BCUT2D eigenvalue weighted by Gasteiger charge is -2.14. The Morgan fingerprint density at radius 2 is 2.06 bits per heavy atom. The summed E-state index contributed by atoms with van der Waals surface area (Å²) in [4.78, 5) is 4.64. The molecule has 100 valence electrons. The number of rotatable bonds is 6. The van der Waals surface area contributed by atoms with Crippen LogP contribution in [0.15, 0.2) is 6.07 Å². The van der Waals surface area contributed by atoms with Crippen LogP contribution in [0.1, 0.15) is 30.8 Å². The Labute approximate surface area is 113 Å². The van der Waals surface area contributed by atoms with Gasteiger partial charge in [0.1, 0.15) is 17.3 Å². The van der Waals surface area contributed by atoms with Crippen molar-refractivity contribution < 1.29 is 9.47 Å². The molecule has 5 heteroatoms. The van der Waals surface area contributed by atoms with Crippen LogP contribution in [0.3, 0.4) is 0 Å². The normalized spacial score (nSPS) is 10.7. The SMILES string of the molecule is Cc1cc(OCCOC(C)C)c(C(N)=S)c(C)n1. The third kappa shape index (κ3) is 4.23. The number of aryl methyl sites for hydroxylation is 2. The van der Waals surface area contributed by atoms with Crippen molar-refractivity contribution in [1.82, 2.24) is 4.98 Å².